The summed E-state index contributed by atoms with van der Waals surface area (Å²) in [5.74, 6) is 0. The Morgan fingerprint density at radius 3 is 1.17 bits per heavy atom. The molecule has 12 rings (SSSR count). The normalized spacial score (nSPS) is 12.3. The van der Waals surface area contributed by atoms with E-state index in [1.54, 1.807) is 0 Å². The van der Waals surface area contributed by atoms with Crippen LogP contribution in [0.2, 0.25) is 0 Å². The second kappa shape index (κ2) is 11.9. The Labute approximate surface area is 343 Å². The van der Waals surface area contributed by atoms with Crippen molar-refractivity contribution in [3.63, 3.8) is 0 Å². The van der Waals surface area contributed by atoms with Crippen LogP contribution in [-0.4, -0.2) is 54.9 Å². The maximum Gasteiger partial charge on any atom is 0.141 e. The van der Waals surface area contributed by atoms with Gasteiger partial charge in [0, 0.05) is 16.3 Å². The lowest BCUT2D eigenvalue weighted by Crippen LogP contribution is -2.47. The van der Waals surface area contributed by atoms with E-state index in [9.17, 15) is 0 Å². The molecule has 0 aliphatic heterocycles. The fraction of sp³-hybridized carbons (Fsp3) is 0. The minimum Gasteiger partial charge on any atom is -0.456 e. The van der Waals surface area contributed by atoms with Gasteiger partial charge in [-0.15, -0.1) is 16.4 Å². The molecule has 58 heavy (non-hydrogen) atoms. The molecular formula is C50H21B7O. The number of fused-ring (bicyclic) bond motifs is 3. The molecule has 1 heterocycles. The van der Waals surface area contributed by atoms with Gasteiger partial charge in [0.05, 0.1) is 0 Å². The number of furan rings is 1. The molecule has 0 spiro atoms. The van der Waals surface area contributed by atoms with Crippen LogP contribution in [0, 0.1) is 0 Å². The van der Waals surface area contributed by atoms with Crippen LogP contribution in [0.25, 0.3) is 120 Å². The van der Waals surface area contributed by atoms with Crippen LogP contribution < -0.4 is 38.2 Å². The molecule has 0 saturated heterocycles. The average molecular weight is 713 g/mol. The minimum absolute atomic E-state index is 0.137. The Morgan fingerprint density at radius 1 is 0.293 bits per heavy atom. The molecule has 0 saturated carbocycles. The molecule has 8 heteroatoms. The van der Waals surface area contributed by atoms with Crippen LogP contribution in [-0.2, 0) is 0 Å². The highest BCUT2D eigenvalue weighted by molar-refractivity contribution is 6.69. The van der Waals surface area contributed by atoms with E-state index in [2.05, 4.69) is 127 Å². The highest BCUT2D eigenvalue weighted by Crippen LogP contribution is 2.45. The van der Waals surface area contributed by atoms with E-state index in [0.717, 1.165) is 38.6 Å². The molecule has 14 radical (unpaired) electrons. The Bertz CT molecular complexity index is 3570. The minimum atomic E-state index is 0.137. The van der Waals surface area contributed by atoms with E-state index in [0.29, 0.717) is 21.9 Å². The zero-order chi connectivity index (χ0) is 39.3. The predicted octanol–water partition coefficient (Wildman–Crippen LogP) is 5.94. The number of hydrogen-bond donors (Lipinski definition) is 0. The Kier molecular flexibility index (Phi) is 6.95. The summed E-state index contributed by atoms with van der Waals surface area (Å²) in [7, 11) is 46.4. The maximum absolute atomic E-state index is 7.02. The zero-order valence-electron chi connectivity index (χ0n) is 31.1. The summed E-state index contributed by atoms with van der Waals surface area (Å²) in [6.07, 6.45) is 0. The monoisotopic (exact) mass is 714 g/mol. The quantitative estimate of drug-likeness (QED) is 0.163. The van der Waals surface area contributed by atoms with Gasteiger partial charge in [-0.2, -0.15) is 0 Å². The van der Waals surface area contributed by atoms with Gasteiger partial charge < -0.3 is 4.42 Å². The lowest BCUT2D eigenvalue weighted by Gasteiger charge is -2.20. The van der Waals surface area contributed by atoms with Crippen molar-refractivity contribution in [1.82, 2.24) is 0 Å². The summed E-state index contributed by atoms with van der Waals surface area (Å²) in [6, 6.07) is 46.0. The third kappa shape index (κ3) is 4.41. The second-order valence-electron chi connectivity index (χ2n) is 15.5. The molecule has 1 aromatic heterocycles. The zero-order valence-corrected chi connectivity index (χ0v) is 31.1. The van der Waals surface area contributed by atoms with Gasteiger partial charge in [0.25, 0.3) is 0 Å². The fourth-order valence-electron chi connectivity index (χ4n) is 9.74. The average Bonchev–Trinajstić information content (AvgIpc) is 3.65. The van der Waals surface area contributed by atoms with Gasteiger partial charge in [-0.05, 0) is 111 Å². The molecule has 0 aliphatic carbocycles. The van der Waals surface area contributed by atoms with Crippen molar-refractivity contribution >= 4 is 180 Å². The van der Waals surface area contributed by atoms with Crippen molar-refractivity contribution in [3.05, 3.63) is 127 Å². The van der Waals surface area contributed by atoms with E-state index in [-0.39, 0.29) is 43.8 Å². The molecule has 0 bridgehead atoms. The summed E-state index contributed by atoms with van der Waals surface area (Å²) in [4.78, 5) is 0. The van der Waals surface area contributed by atoms with Crippen LogP contribution in [0.15, 0.2) is 132 Å². The van der Waals surface area contributed by atoms with Crippen molar-refractivity contribution in [3.8, 4) is 33.4 Å². The summed E-state index contributed by atoms with van der Waals surface area (Å²) >= 11 is 0. The van der Waals surface area contributed by atoms with Crippen LogP contribution in [0.5, 0.6) is 0 Å². The molecule has 1 nitrogen and oxygen atoms in total. The number of rotatable bonds is 3. The Hall–Kier alpha value is -6.25. The first-order valence-electron chi connectivity index (χ1n) is 19.1. The molecule has 12 aromatic rings. The largest absolute Gasteiger partial charge is 0.456 e. The molecule has 11 aromatic carbocycles. The molecule has 0 fully saturated rings. The van der Waals surface area contributed by atoms with Crippen molar-refractivity contribution in [2.75, 3.05) is 0 Å². The van der Waals surface area contributed by atoms with Crippen LogP contribution >= 0.6 is 0 Å². The van der Waals surface area contributed by atoms with Crippen molar-refractivity contribution in [2.24, 2.45) is 0 Å². The van der Waals surface area contributed by atoms with E-state index >= 15 is 0 Å². The van der Waals surface area contributed by atoms with Gasteiger partial charge >= 0.3 is 0 Å². The second-order valence-corrected chi connectivity index (χ2v) is 15.5. The van der Waals surface area contributed by atoms with E-state index in [1.807, 2.05) is 0 Å². The molecule has 0 atom stereocenters. The maximum atomic E-state index is 7.02. The number of hydrogen-bond acceptors (Lipinski definition) is 1. The smallest absolute Gasteiger partial charge is 0.141 e. The topological polar surface area (TPSA) is 13.1 Å². The first-order valence-corrected chi connectivity index (χ1v) is 19.1. The van der Waals surface area contributed by atoms with Crippen molar-refractivity contribution < 1.29 is 4.42 Å². The molecule has 0 aliphatic rings. The van der Waals surface area contributed by atoms with Crippen LogP contribution in [0.4, 0.5) is 0 Å². The number of benzene rings is 11. The molecular weight excluding hydrogens is 692 g/mol. The third-order valence-electron chi connectivity index (χ3n) is 12.5. The van der Waals surface area contributed by atoms with Gasteiger partial charge in [0.1, 0.15) is 66.1 Å². The summed E-state index contributed by atoms with van der Waals surface area (Å²) in [5, 5.41) is 15.3. The highest BCUT2D eigenvalue weighted by Gasteiger charge is 2.24. The van der Waals surface area contributed by atoms with E-state index < -0.39 is 0 Å². The first kappa shape index (κ1) is 33.9. The van der Waals surface area contributed by atoms with Gasteiger partial charge in [-0.25, -0.2) is 0 Å². The summed E-state index contributed by atoms with van der Waals surface area (Å²) < 4.78 is 6.63. The van der Waals surface area contributed by atoms with Gasteiger partial charge in [-0.3, -0.25) is 0 Å². The third-order valence-corrected chi connectivity index (χ3v) is 12.5. The standard InChI is InChI=1S/C50H21B7O/c51-42-39(49-40(43(52)45(42)54)41-44(53)46(55)47(56)48(57)50(41)58-49)30-20-28(31-15-11-26-9-7-22-3-1-5-24-13-17-33(31)37(26)35(22)24)19-29(21-30)32-16-12-27-10-8-23-4-2-6-25-14-18-34(32)38(27)36(23)25/h1-21H. The lowest BCUT2D eigenvalue weighted by molar-refractivity contribution is 0.673. The van der Waals surface area contributed by atoms with Crippen molar-refractivity contribution in [1.29, 1.82) is 0 Å². The molecule has 0 amide bonds. The highest BCUT2D eigenvalue weighted by atomic mass is 16.3. The molecule has 0 N–H and O–H groups in total. The Balaban J connectivity index is 1.22. The first-order chi connectivity index (χ1) is 28.2. The molecule has 0 unspecified atom stereocenters. The van der Waals surface area contributed by atoms with E-state index in [1.165, 1.54) is 53.9 Å². The summed E-state index contributed by atoms with van der Waals surface area (Å²) in [5.41, 5.74) is 7.47. The Morgan fingerprint density at radius 2 is 0.672 bits per heavy atom. The molecule has 248 valence electrons. The van der Waals surface area contributed by atoms with Crippen molar-refractivity contribution in [2.45, 2.75) is 0 Å². The van der Waals surface area contributed by atoms with Gasteiger partial charge in [-0.1, -0.05) is 131 Å². The van der Waals surface area contributed by atoms with Crippen LogP contribution in [0.1, 0.15) is 0 Å². The summed E-state index contributed by atoms with van der Waals surface area (Å²) in [6.45, 7) is 0. The van der Waals surface area contributed by atoms with Gasteiger partial charge in [0.2, 0.25) is 0 Å². The SMILES string of the molecule is [B]c1c([B])c([B])c2c(oc3c(-c4cc(-c5ccc6ccc7cccc8ccc5c6c78)cc(-c5ccc6ccc7cccc8ccc5c6c78)c4)c([B])c([B])c([B])c32)c1[B]. The van der Waals surface area contributed by atoms with E-state index in [4.69, 9.17) is 59.3 Å². The van der Waals surface area contributed by atoms with Gasteiger partial charge in [0.15, 0.2) is 0 Å². The fourth-order valence-corrected chi connectivity index (χ4v) is 9.74. The lowest BCUT2D eigenvalue weighted by atomic mass is 9.64. The predicted molar refractivity (Wildman–Crippen MR) is 255 cm³/mol. The van der Waals surface area contributed by atoms with Crippen LogP contribution in [0.3, 0.4) is 0 Å².